The fourth-order valence-corrected chi connectivity index (χ4v) is 3.87. The van der Waals surface area contributed by atoms with Crippen LogP contribution < -0.4 is 9.72 Å². The highest BCUT2D eigenvalue weighted by Crippen LogP contribution is 2.34. The average Bonchev–Trinajstić information content (AvgIpc) is 2.94. The Morgan fingerprint density at radius 3 is 3.13 bits per heavy atom. The number of aromatic amines is 2. The van der Waals surface area contributed by atoms with E-state index in [2.05, 4.69) is 35.1 Å². The Morgan fingerprint density at radius 2 is 2.22 bits per heavy atom. The minimum Gasteiger partial charge on any atom is -0.467 e. The average molecular weight is 348 g/mol. The molecule has 0 aliphatic carbocycles. The van der Waals surface area contributed by atoms with Crippen LogP contribution in [0.1, 0.15) is 16.7 Å². The number of rotatable bonds is 3. The third kappa shape index (κ3) is 3.04. The minimum atomic E-state index is 0.296. The van der Waals surface area contributed by atoms with Gasteiger partial charge in [-0.15, -0.1) is 0 Å². The molecule has 1 aliphatic heterocycles. The van der Waals surface area contributed by atoms with Gasteiger partial charge in [-0.05, 0) is 48.5 Å². The van der Waals surface area contributed by atoms with Gasteiger partial charge < -0.3 is 9.47 Å². The minimum absolute atomic E-state index is 0.296. The van der Waals surface area contributed by atoms with Crippen LogP contribution in [-0.2, 0) is 17.1 Å². The van der Waals surface area contributed by atoms with Crippen molar-refractivity contribution in [3.05, 3.63) is 52.0 Å². The van der Waals surface area contributed by atoms with Crippen molar-refractivity contribution in [2.45, 2.75) is 24.4 Å². The van der Waals surface area contributed by atoms with Crippen LogP contribution in [0.4, 0.5) is 0 Å². The molecule has 4 nitrogen and oxygen atoms in total. The highest BCUT2D eigenvalue weighted by Gasteiger charge is 2.18. The summed E-state index contributed by atoms with van der Waals surface area (Å²) in [5, 5.41) is 1.73. The molecule has 1 aromatic heterocycles. The number of fused-ring (bicyclic) bond motifs is 2. The van der Waals surface area contributed by atoms with Crippen LogP contribution in [0.5, 0.6) is 5.75 Å². The first kappa shape index (κ1) is 14.9. The Hall–Kier alpha value is -1.69. The molecule has 0 radical (unpaired) electrons. The van der Waals surface area contributed by atoms with Gasteiger partial charge in [-0.25, -0.2) is 9.97 Å². The largest absolute Gasteiger partial charge is 0.467 e. The molecule has 0 spiro atoms. The van der Waals surface area contributed by atoms with Crippen LogP contribution in [0.25, 0.3) is 11.0 Å². The lowest BCUT2D eigenvalue weighted by Crippen LogP contribution is -2.13. The number of hydrogen-bond donors (Lipinski definition) is 1. The van der Waals surface area contributed by atoms with Crippen molar-refractivity contribution in [2.24, 2.45) is 0 Å². The van der Waals surface area contributed by atoms with Gasteiger partial charge in [0.1, 0.15) is 5.75 Å². The van der Waals surface area contributed by atoms with E-state index in [0.717, 1.165) is 38.8 Å². The number of hydrogen-bond acceptors (Lipinski definition) is 3. The molecule has 2 aromatic carbocycles. The molecule has 0 fully saturated rings. The number of thioether (sulfide) groups is 1. The molecule has 118 valence electrons. The topological polar surface area (TPSA) is 48.4 Å². The number of nitrogens with one attached hydrogen (secondary N) is 2. The second kappa shape index (κ2) is 6.07. The molecule has 0 unspecified atom stereocenters. The third-order valence-corrected chi connectivity index (χ3v) is 4.96. The maximum absolute atomic E-state index is 6.21. The number of imidazole rings is 1. The molecular weight excluding hydrogens is 332 g/mol. The number of H-pyrrole nitrogens is 2. The maximum Gasteiger partial charge on any atom is 0.314 e. The van der Waals surface area contributed by atoms with Crippen molar-refractivity contribution in [3.63, 3.8) is 0 Å². The molecule has 0 saturated heterocycles. The Labute approximate surface area is 143 Å². The zero-order chi connectivity index (χ0) is 15.8. The molecule has 3 aromatic rings. The van der Waals surface area contributed by atoms with E-state index in [0.29, 0.717) is 18.4 Å². The molecule has 2 N–H and O–H groups in total. The summed E-state index contributed by atoms with van der Waals surface area (Å²) < 4.78 is 11.0. The van der Waals surface area contributed by atoms with Crippen molar-refractivity contribution in [1.82, 2.24) is 4.98 Å². The van der Waals surface area contributed by atoms with E-state index >= 15 is 0 Å². The van der Waals surface area contributed by atoms with Crippen LogP contribution in [0.15, 0.2) is 35.5 Å². The first-order valence-electron chi connectivity index (χ1n) is 7.35. The first-order chi connectivity index (χ1) is 11.2. The molecule has 0 atom stereocenters. The van der Waals surface area contributed by atoms with Gasteiger partial charge in [0.15, 0.2) is 17.8 Å². The van der Waals surface area contributed by atoms with Gasteiger partial charge >= 0.3 is 5.16 Å². The number of aromatic nitrogens is 2. The van der Waals surface area contributed by atoms with E-state index in [9.17, 15) is 0 Å². The van der Waals surface area contributed by atoms with Crippen molar-refractivity contribution < 1.29 is 14.5 Å². The number of aryl methyl sites for hydroxylation is 1. The fourth-order valence-electron chi connectivity index (χ4n) is 2.73. The molecule has 6 heteroatoms. The smallest absolute Gasteiger partial charge is 0.314 e. The maximum atomic E-state index is 6.21. The molecule has 0 amide bonds. The number of ether oxygens (including phenoxy) is 2. The van der Waals surface area contributed by atoms with E-state index in [-0.39, 0.29) is 0 Å². The van der Waals surface area contributed by atoms with Crippen LogP contribution >= 0.6 is 23.4 Å². The van der Waals surface area contributed by atoms with Crippen molar-refractivity contribution in [3.8, 4) is 5.75 Å². The number of benzene rings is 2. The van der Waals surface area contributed by atoms with Gasteiger partial charge in [0.05, 0.1) is 6.61 Å². The summed E-state index contributed by atoms with van der Waals surface area (Å²) in [6, 6.07) is 10.2. The summed E-state index contributed by atoms with van der Waals surface area (Å²) in [5.74, 6) is 1.67. The van der Waals surface area contributed by atoms with Crippen LogP contribution in [0, 0.1) is 6.92 Å². The summed E-state index contributed by atoms with van der Waals surface area (Å²) >= 11 is 7.91. The monoisotopic (exact) mass is 347 g/mol. The summed E-state index contributed by atoms with van der Waals surface area (Å²) in [5.41, 5.74) is 5.56. The van der Waals surface area contributed by atoms with Crippen molar-refractivity contribution in [2.75, 3.05) is 6.79 Å². The second-order valence-corrected chi connectivity index (χ2v) is 7.00. The van der Waals surface area contributed by atoms with Gasteiger partial charge in [-0.1, -0.05) is 17.7 Å². The fraction of sp³-hybridized carbons (Fsp3) is 0.235. The standard InChI is InChI=1S/C17H15ClN2O2S/c1-10-2-3-14-15(4-10)20-17(19-14)23-8-12-6-13(18)5-11-7-21-9-22-16(11)12/h2-6H,7-9H2,1H3,(H,19,20)/p+1. The molecule has 1 aliphatic rings. The molecule has 0 bridgehead atoms. The lowest BCUT2D eigenvalue weighted by molar-refractivity contribution is -0.396. The summed E-state index contributed by atoms with van der Waals surface area (Å²) in [4.78, 5) is 6.81. The van der Waals surface area contributed by atoms with Gasteiger partial charge in [-0.2, -0.15) is 0 Å². The summed E-state index contributed by atoms with van der Waals surface area (Å²) in [6.07, 6.45) is 0. The quantitative estimate of drug-likeness (QED) is 0.725. The zero-order valence-corrected chi connectivity index (χ0v) is 14.2. The molecule has 2 heterocycles. The van der Waals surface area contributed by atoms with Crippen molar-refractivity contribution in [1.29, 1.82) is 0 Å². The van der Waals surface area contributed by atoms with Gasteiger partial charge in [0.25, 0.3) is 0 Å². The SMILES string of the molecule is Cc1ccc2[nH+]c(SCc3cc(Cl)cc4c3OCOC4)[nH]c2c1. The Balaban J connectivity index is 1.59. The second-order valence-electron chi connectivity index (χ2n) is 5.58. The van der Waals surface area contributed by atoms with E-state index in [1.807, 2.05) is 12.1 Å². The lowest BCUT2D eigenvalue weighted by Gasteiger charge is -2.20. The van der Waals surface area contributed by atoms with E-state index in [4.69, 9.17) is 21.1 Å². The van der Waals surface area contributed by atoms with Crippen LogP contribution in [0.2, 0.25) is 5.02 Å². The molecule has 0 saturated carbocycles. The molecule has 23 heavy (non-hydrogen) atoms. The van der Waals surface area contributed by atoms with Crippen molar-refractivity contribution >= 4 is 34.4 Å². The van der Waals surface area contributed by atoms with Crippen LogP contribution in [0.3, 0.4) is 0 Å². The zero-order valence-electron chi connectivity index (χ0n) is 12.6. The lowest BCUT2D eigenvalue weighted by atomic mass is 10.1. The number of halogens is 1. The predicted molar refractivity (Wildman–Crippen MR) is 90.9 cm³/mol. The van der Waals surface area contributed by atoms with E-state index in [1.54, 1.807) is 11.8 Å². The summed E-state index contributed by atoms with van der Waals surface area (Å²) in [6.45, 7) is 2.93. The Kier molecular flexibility index (Phi) is 3.93. The highest BCUT2D eigenvalue weighted by atomic mass is 35.5. The normalized spacial score (nSPS) is 13.8. The third-order valence-electron chi connectivity index (χ3n) is 3.80. The van der Waals surface area contributed by atoms with Crippen LogP contribution in [-0.4, -0.2) is 11.8 Å². The Bertz CT molecular complexity index is 878. The van der Waals surface area contributed by atoms with Gasteiger partial charge in [0.2, 0.25) is 0 Å². The summed E-state index contributed by atoms with van der Waals surface area (Å²) in [7, 11) is 0. The first-order valence-corrected chi connectivity index (χ1v) is 8.72. The highest BCUT2D eigenvalue weighted by molar-refractivity contribution is 7.98. The Morgan fingerprint density at radius 1 is 1.30 bits per heavy atom. The molecular formula is C17H16ClN2O2S+. The molecule has 4 rings (SSSR count). The van der Waals surface area contributed by atoms with E-state index < -0.39 is 0 Å². The predicted octanol–water partition coefficient (Wildman–Crippen LogP) is 4.10. The van der Waals surface area contributed by atoms with Gasteiger partial charge in [-0.3, -0.25) is 0 Å². The van der Waals surface area contributed by atoms with Gasteiger partial charge in [0, 0.05) is 21.9 Å². The van der Waals surface area contributed by atoms with E-state index in [1.165, 1.54) is 5.56 Å².